The van der Waals surface area contributed by atoms with Gasteiger partial charge >= 0.3 is 0 Å². The Bertz CT molecular complexity index is 4470. The van der Waals surface area contributed by atoms with Crippen molar-refractivity contribution in [2.75, 3.05) is 9.80 Å². The molecule has 0 unspecified atom stereocenters. The monoisotopic (exact) mass is 1050 g/mol. The van der Waals surface area contributed by atoms with Gasteiger partial charge in [0.05, 0.1) is 22.4 Å². The standard InChI is InChI=1S/C78H54N4/c1-5-19-55(20-6-1)59-27-17-29-63(47-59)75-51-65-53-78-66(54-77(65)81(75)71-43-39-69(40-44-71)79(67-31-9-3-10-32-67)73-37-35-57-23-13-15-25-61(57)49-73)52-76(64-30-18-28-60(48-64)56-21-7-2-8-22-56)82(78)72-45-41-70(42-46-72)80(68-33-11-4-12-34-68)74-38-36-58-24-14-16-26-62(58)50-74/h1-54H. The van der Waals surface area contributed by atoms with Crippen molar-refractivity contribution in [1.29, 1.82) is 0 Å². The average molecular weight is 1050 g/mol. The zero-order valence-electron chi connectivity index (χ0n) is 45.0. The van der Waals surface area contributed by atoms with E-state index in [4.69, 9.17) is 0 Å². The van der Waals surface area contributed by atoms with Gasteiger partial charge in [0.1, 0.15) is 0 Å². The molecule has 0 spiro atoms. The molecule has 0 atom stereocenters. The maximum Gasteiger partial charge on any atom is 0.0542 e. The number of para-hydroxylation sites is 2. The van der Waals surface area contributed by atoms with Gasteiger partial charge in [0.15, 0.2) is 0 Å². The summed E-state index contributed by atoms with van der Waals surface area (Å²) >= 11 is 0. The lowest BCUT2D eigenvalue weighted by atomic mass is 10.0. The van der Waals surface area contributed by atoms with Gasteiger partial charge in [-0.1, -0.05) is 194 Å². The van der Waals surface area contributed by atoms with Crippen LogP contribution in [0.3, 0.4) is 0 Å². The first kappa shape index (κ1) is 48.2. The van der Waals surface area contributed by atoms with Crippen LogP contribution in [-0.4, -0.2) is 9.13 Å². The van der Waals surface area contributed by atoms with Crippen molar-refractivity contribution in [2.45, 2.75) is 0 Å². The minimum absolute atomic E-state index is 1.07. The third-order valence-corrected chi connectivity index (χ3v) is 16.0. The van der Waals surface area contributed by atoms with Crippen molar-refractivity contribution in [3.8, 4) is 56.1 Å². The zero-order chi connectivity index (χ0) is 54.3. The SMILES string of the molecule is c1ccc(-c2cccc(-c3cc4cc5c(cc(-c6cccc(-c7ccccc7)c6)n5-c5ccc(N(c6ccccc6)c6ccc7ccccc7c6)cc5)cc4n3-c3ccc(N(c4ccccc4)c4ccc5ccccc5c4)cc3)c2)cc1. The van der Waals surface area contributed by atoms with E-state index in [2.05, 4.69) is 347 Å². The molecule has 15 rings (SSSR count). The van der Waals surface area contributed by atoms with Gasteiger partial charge in [-0.15, -0.1) is 0 Å². The molecule has 13 aromatic carbocycles. The number of hydrogen-bond acceptors (Lipinski definition) is 2. The number of nitrogens with zero attached hydrogens (tertiary/aromatic N) is 4. The minimum atomic E-state index is 1.07. The predicted octanol–water partition coefficient (Wildman–Crippen LogP) is 21.5. The van der Waals surface area contributed by atoms with Crippen LogP contribution in [0.4, 0.5) is 34.1 Å². The molecule has 82 heavy (non-hydrogen) atoms. The van der Waals surface area contributed by atoms with Crippen LogP contribution in [0.2, 0.25) is 0 Å². The van der Waals surface area contributed by atoms with Crippen molar-refractivity contribution < 1.29 is 0 Å². The van der Waals surface area contributed by atoms with Crippen molar-refractivity contribution in [3.05, 3.63) is 328 Å². The maximum absolute atomic E-state index is 2.46. The molecule has 0 fully saturated rings. The molecule has 0 N–H and O–H groups in total. The van der Waals surface area contributed by atoms with Crippen LogP contribution < -0.4 is 9.80 Å². The third-order valence-electron chi connectivity index (χ3n) is 16.0. The van der Waals surface area contributed by atoms with Crippen LogP contribution in [0.5, 0.6) is 0 Å². The number of aromatic nitrogens is 2. The molecule has 4 heteroatoms. The van der Waals surface area contributed by atoms with Crippen LogP contribution in [0.1, 0.15) is 0 Å². The minimum Gasteiger partial charge on any atom is -0.310 e. The molecule has 0 aliphatic rings. The highest BCUT2D eigenvalue weighted by molar-refractivity contribution is 6.03. The molecule has 0 saturated heterocycles. The lowest BCUT2D eigenvalue weighted by Gasteiger charge is -2.26. The van der Waals surface area contributed by atoms with Crippen LogP contribution in [0.25, 0.3) is 99.5 Å². The first-order valence-electron chi connectivity index (χ1n) is 28.1. The highest BCUT2D eigenvalue weighted by atomic mass is 15.1. The summed E-state index contributed by atoms with van der Waals surface area (Å²) in [5.74, 6) is 0. The van der Waals surface area contributed by atoms with Gasteiger partial charge in [0.2, 0.25) is 0 Å². The van der Waals surface area contributed by atoms with E-state index < -0.39 is 0 Å². The van der Waals surface area contributed by atoms with E-state index in [1.807, 2.05) is 0 Å². The number of rotatable bonds is 12. The van der Waals surface area contributed by atoms with Crippen molar-refractivity contribution in [3.63, 3.8) is 0 Å². The number of hydrogen-bond donors (Lipinski definition) is 0. The van der Waals surface area contributed by atoms with Crippen molar-refractivity contribution >= 4 is 77.5 Å². The van der Waals surface area contributed by atoms with E-state index in [1.54, 1.807) is 0 Å². The van der Waals surface area contributed by atoms with Crippen LogP contribution >= 0.6 is 0 Å². The lowest BCUT2D eigenvalue weighted by molar-refractivity contribution is 1.13. The fraction of sp³-hybridized carbons (Fsp3) is 0. The van der Waals surface area contributed by atoms with Gasteiger partial charge in [0, 0.05) is 56.3 Å². The van der Waals surface area contributed by atoms with Gasteiger partial charge < -0.3 is 18.9 Å². The van der Waals surface area contributed by atoms with Crippen LogP contribution in [0.15, 0.2) is 328 Å². The molecule has 386 valence electrons. The molecule has 15 aromatic rings. The van der Waals surface area contributed by atoms with Gasteiger partial charge in [-0.2, -0.15) is 0 Å². The maximum atomic E-state index is 2.46. The summed E-state index contributed by atoms with van der Waals surface area (Å²) in [6.07, 6.45) is 0. The fourth-order valence-corrected chi connectivity index (χ4v) is 12.1. The largest absolute Gasteiger partial charge is 0.310 e. The molecule has 0 saturated carbocycles. The van der Waals surface area contributed by atoms with E-state index in [9.17, 15) is 0 Å². The van der Waals surface area contributed by atoms with Crippen LogP contribution in [-0.2, 0) is 0 Å². The van der Waals surface area contributed by atoms with Crippen LogP contribution in [0, 0.1) is 0 Å². The summed E-state index contributed by atoms with van der Waals surface area (Å²) in [6.45, 7) is 0. The Labute approximate surface area is 477 Å². The number of anilines is 6. The summed E-state index contributed by atoms with van der Waals surface area (Å²) in [4.78, 5) is 4.70. The molecular formula is C78H54N4. The van der Waals surface area contributed by atoms with Gasteiger partial charge in [-0.3, -0.25) is 0 Å². The molecule has 0 aliphatic heterocycles. The van der Waals surface area contributed by atoms with E-state index in [0.29, 0.717) is 0 Å². The van der Waals surface area contributed by atoms with E-state index in [-0.39, 0.29) is 0 Å². The van der Waals surface area contributed by atoms with Crippen molar-refractivity contribution in [1.82, 2.24) is 9.13 Å². The van der Waals surface area contributed by atoms with Gasteiger partial charge in [0.25, 0.3) is 0 Å². The molecule has 4 nitrogen and oxygen atoms in total. The highest BCUT2D eigenvalue weighted by Gasteiger charge is 2.22. The smallest absolute Gasteiger partial charge is 0.0542 e. The Morgan fingerprint density at radius 1 is 0.183 bits per heavy atom. The second kappa shape index (κ2) is 20.7. The topological polar surface area (TPSA) is 16.3 Å². The molecule has 0 amide bonds. The summed E-state index contributed by atoms with van der Waals surface area (Å²) in [7, 11) is 0. The summed E-state index contributed by atoms with van der Waals surface area (Å²) in [6, 6.07) is 119. The molecule has 0 bridgehead atoms. The Kier molecular flexibility index (Phi) is 12.2. The Morgan fingerprint density at radius 2 is 0.500 bits per heavy atom. The second-order valence-corrected chi connectivity index (χ2v) is 21.0. The molecule has 2 aromatic heterocycles. The highest BCUT2D eigenvalue weighted by Crippen LogP contribution is 2.43. The molecule has 0 radical (unpaired) electrons. The molecule has 0 aliphatic carbocycles. The van der Waals surface area contributed by atoms with E-state index in [1.165, 1.54) is 43.8 Å². The quantitative estimate of drug-likeness (QED) is 0.121. The summed E-state index contributed by atoms with van der Waals surface area (Å²) in [5.41, 5.74) is 20.2. The average Bonchev–Trinajstić information content (AvgIpc) is 3.62. The number of benzene rings is 13. The second-order valence-electron chi connectivity index (χ2n) is 21.0. The molecular weight excluding hydrogens is 993 g/mol. The van der Waals surface area contributed by atoms with E-state index in [0.717, 1.165) is 89.8 Å². The molecule has 2 heterocycles. The van der Waals surface area contributed by atoms with Crippen molar-refractivity contribution in [2.24, 2.45) is 0 Å². The normalized spacial score (nSPS) is 11.4. The first-order valence-corrected chi connectivity index (χ1v) is 28.1. The summed E-state index contributed by atoms with van der Waals surface area (Å²) < 4.78 is 4.91. The Balaban J connectivity index is 0.912. The third kappa shape index (κ3) is 8.95. The predicted molar refractivity (Wildman–Crippen MR) is 346 cm³/mol. The summed E-state index contributed by atoms with van der Waals surface area (Å²) in [5, 5.41) is 7.13. The van der Waals surface area contributed by atoms with E-state index >= 15 is 0 Å². The van der Waals surface area contributed by atoms with Gasteiger partial charge in [-0.05, 0) is 188 Å². The number of fused-ring (bicyclic) bond motifs is 4. The zero-order valence-corrected chi connectivity index (χ0v) is 45.0. The fourth-order valence-electron chi connectivity index (χ4n) is 12.1. The Morgan fingerprint density at radius 3 is 0.902 bits per heavy atom. The first-order chi connectivity index (χ1) is 40.6. The van der Waals surface area contributed by atoms with Gasteiger partial charge in [-0.25, -0.2) is 0 Å². The lowest BCUT2D eigenvalue weighted by Crippen LogP contribution is -2.10. The Hall–Kier alpha value is -10.9.